The number of benzene rings is 2. The van der Waals surface area contributed by atoms with Crippen molar-refractivity contribution in [2.24, 2.45) is 5.92 Å². The van der Waals surface area contributed by atoms with Crippen molar-refractivity contribution < 1.29 is 28.1 Å². The molecular formula is C33H35FN6O5. The van der Waals surface area contributed by atoms with Gasteiger partial charge in [0.25, 0.3) is 5.91 Å². The molecule has 3 aromatic rings. The van der Waals surface area contributed by atoms with Crippen LogP contribution >= 0.6 is 0 Å². The van der Waals surface area contributed by atoms with Gasteiger partial charge in [-0.3, -0.25) is 19.2 Å². The van der Waals surface area contributed by atoms with Crippen LogP contribution in [0.1, 0.15) is 54.1 Å². The van der Waals surface area contributed by atoms with E-state index >= 15 is 0 Å². The van der Waals surface area contributed by atoms with Crippen molar-refractivity contribution in [3.05, 3.63) is 83.0 Å². The number of hydrogen-bond acceptors (Lipinski definition) is 7. The predicted octanol–water partition coefficient (Wildman–Crippen LogP) is 3.35. The first-order valence-corrected chi connectivity index (χ1v) is 14.8. The van der Waals surface area contributed by atoms with Crippen LogP contribution in [0.25, 0.3) is 0 Å². The van der Waals surface area contributed by atoms with Gasteiger partial charge in [0, 0.05) is 38.2 Å². The van der Waals surface area contributed by atoms with Gasteiger partial charge < -0.3 is 25.0 Å². The van der Waals surface area contributed by atoms with Gasteiger partial charge in [0.05, 0.1) is 11.5 Å². The Bertz CT molecular complexity index is 1660. The monoisotopic (exact) mass is 614 g/mol. The third kappa shape index (κ3) is 6.16. The number of likely N-dealkylation sites (tertiary alicyclic amines) is 1. The van der Waals surface area contributed by atoms with E-state index in [1.807, 2.05) is 32.0 Å². The molecule has 2 aromatic carbocycles. The summed E-state index contributed by atoms with van der Waals surface area (Å²) in [5.41, 5.74) is 0.883. The van der Waals surface area contributed by atoms with Crippen LogP contribution in [-0.2, 0) is 26.2 Å². The highest BCUT2D eigenvalue weighted by atomic mass is 19.1. The van der Waals surface area contributed by atoms with Crippen molar-refractivity contribution >= 4 is 29.3 Å². The molecule has 1 fully saturated rings. The number of fused-ring (bicyclic) bond motifs is 2. The number of likely N-dealkylation sites (N-methyl/N-ethyl adjacent to an activating group) is 1. The van der Waals surface area contributed by atoms with Crippen molar-refractivity contribution in [1.82, 2.24) is 20.3 Å². The molecule has 0 unspecified atom stereocenters. The van der Waals surface area contributed by atoms with Gasteiger partial charge in [0.2, 0.25) is 17.7 Å². The smallest absolute Gasteiger partial charge is 0.274 e. The van der Waals surface area contributed by atoms with E-state index in [1.165, 1.54) is 47.2 Å². The third-order valence-electron chi connectivity index (χ3n) is 8.53. The van der Waals surface area contributed by atoms with Crippen LogP contribution in [-0.4, -0.2) is 70.3 Å². The molecule has 2 aliphatic rings. The minimum absolute atomic E-state index is 0.00914. The molecule has 4 atom stereocenters. The van der Waals surface area contributed by atoms with E-state index in [0.717, 1.165) is 5.56 Å². The van der Waals surface area contributed by atoms with Crippen molar-refractivity contribution in [3.63, 3.8) is 0 Å². The average Bonchev–Trinajstić information content (AvgIpc) is 3.71. The Labute approximate surface area is 260 Å². The number of para-hydroxylation sites is 1. The molecule has 1 saturated heterocycles. The molecule has 0 radical (unpaired) electrons. The van der Waals surface area contributed by atoms with Crippen molar-refractivity contribution in [1.29, 1.82) is 5.26 Å². The van der Waals surface area contributed by atoms with Crippen LogP contribution in [0.2, 0.25) is 0 Å². The number of anilines is 1. The predicted molar refractivity (Wildman–Crippen MR) is 161 cm³/mol. The van der Waals surface area contributed by atoms with E-state index in [9.17, 15) is 28.8 Å². The molecule has 1 spiro atoms. The molecule has 234 valence electrons. The molecule has 4 amide bonds. The zero-order valence-corrected chi connectivity index (χ0v) is 25.5. The van der Waals surface area contributed by atoms with E-state index in [4.69, 9.17) is 4.52 Å². The van der Waals surface area contributed by atoms with Gasteiger partial charge in [-0.05, 0) is 48.6 Å². The Morgan fingerprint density at radius 1 is 1.22 bits per heavy atom. The van der Waals surface area contributed by atoms with Crippen LogP contribution in [0.3, 0.4) is 0 Å². The Kier molecular flexibility index (Phi) is 8.73. The summed E-state index contributed by atoms with van der Waals surface area (Å²) in [6, 6.07) is 13.4. The molecule has 3 heterocycles. The highest BCUT2D eigenvalue weighted by Crippen LogP contribution is 2.46. The van der Waals surface area contributed by atoms with Gasteiger partial charge in [-0.15, -0.1) is 0 Å². The van der Waals surface area contributed by atoms with E-state index < -0.39 is 47.1 Å². The Morgan fingerprint density at radius 3 is 2.58 bits per heavy atom. The number of nitrogens with zero attached hydrogens (tertiary/aromatic N) is 4. The molecule has 45 heavy (non-hydrogen) atoms. The number of amides is 4. The zero-order valence-electron chi connectivity index (χ0n) is 25.5. The standard InChI is InChI=1S/C33H35FN6O5/c1-19(2)13-28(31(43)40-18-33(16-23(40)17-35)24-7-5-6-8-25(24)37-32(33)44)39(4)30(42)27(15-21-9-11-22(34)12-10-21)36-29(41)26-14-20(3)45-38-26/h5-12,14,19,23,27-28H,13,15-16,18H2,1-4H3,(H,36,41)(H,37,44)/t23-,27-,28-,33-/m0/s1. The van der Waals surface area contributed by atoms with Crippen LogP contribution < -0.4 is 10.6 Å². The molecule has 11 nitrogen and oxygen atoms in total. The fourth-order valence-corrected chi connectivity index (χ4v) is 6.21. The summed E-state index contributed by atoms with van der Waals surface area (Å²) < 4.78 is 18.6. The Morgan fingerprint density at radius 2 is 1.93 bits per heavy atom. The number of rotatable bonds is 9. The highest BCUT2D eigenvalue weighted by molar-refractivity contribution is 6.07. The number of aromatic nitrogens is 1. The first-order valence-electron chi connectivity index (χ1n) is 14.8. The maximum Gasteiger partial charge on any atom is 0.274 e. The second-order valence-electron chi connectivity index (χ2n) is 12.2. The SMILES string of the molecule is Cc1cc(C(=O)N[C@@H](Cc2ccc(F)cc2)C(=O)N(C)[C@@H](CC(C)C)C(=O)N2C[C@]3(C[C@H]2C#N)C(=O)Nc2ccccc23)no1. The van der Waals surface area contributed by atoms with Gasteiger partial charge in [-0.2, -0.15) is 5.26 Å². The topological polar surface area (TPSA) is 149 Å². The first-order chi connectivity index (χ1) is 21.4. The van der Waals surface area contributed by atoms with Crippen LogP contribution in [0.15, 0.2) is 59.1 Å². The summed E-state index contributed by atoms with van der Waals surface area (Å²) in [5, 5.41) is 19.4. The lowest BCUT2D eigenvalue weighted by atomic mass is 9.80. The largest absolute Gasteiger partial charge is 0.361 e. The van der Waals surface area contributed by atoms with Crippen LogP contribution in [0, 0.1) is 30.0 Å². The maximum absolute atomic E-state index is 14.3. The summed E-state index contributed by atoms with van der Waals surface area (Å²) in [7, 11) is 1.49. The maximum atomic E-state index is 14.3. The summed E-state index contributed by atoms with van der Waals surface area (Å²) in [5.74, 6) is -1.99. The molecular weight excluding hydrogens is 579 g/mol. The van der Waals surface area contributed by atoms with E-state index in [2.05, 4.69) is 21.9 Å². The quantitative estimate of drug-likeness (QED) is 0.376. The highest BCUT2D eigenvalue weighted by Gasteiger charge is 2.56. The molecule has 1 aromatic heterocycles. The number of carbonyl (C=O) groups excluding carboxylic acids is 4. The van der Waals surface area contributed by atoms with Gasteiger partial charge in [0.15, 0.2) is 5.69 Å². The van der Waals surface area contributed by atoms with Crippen molar-refractivity contribution in [3.8, 4) is 6.07 Å². The Balaban J connectivity index is 1.44. The minimum Gasteiger partial charge on any atom is -0.361 e. The van der Waals surface area contributed by atoms with E-state index in [-0.39, 0.29) is 43.3 Å². The first kappa shape index (κ1) is 31.4. The molecule has 0 aliphatic carbocycles. The van der Waals surface area contributed by atoms with Crippen molar-refractivity contribution in [2.45, 2.75) is 63.6 Å². The number of aryl methyl sites for hydroxylation is 1. The van der Waals surface area contributed by atoms with E-state index in [0.29, 0.717) is 17.0 Å². The van der Waals surface area contributed by atoms with Gasteiger partial charge in [-0.1, -0.05) is 49.3 Å². The molecule has 0 bridgehead atoms. The van der Waals surface area contributed by atoms with Crippen molar-refractivity contribution in [2.75, 3.05) is 18.9 Å². The summed E-state index contributed by atoms with van der Waals surface area (Å²) in [6.45, 7) is 5.45. The lowest BCUT2D eigenvalue weighted by Gasteiger charge is -2.35. The molecule has 2 aliphatic heterocycles. The average molecular weight is 615 g/mol. The third-order valence-corrected chi connectivity index (χ3v) is 8.53. The summed E-state index contributed by atoms with van der Waals surface area (Å²) in [4.78, 5) is 57.5. The van der Waals surface area contributed by atoms with Crippen LogP contribution in [0.5, 0.6) is 0 Å². The van der Waals surface area contributed by atoms with Crippen LogP contribution in [0.4, 0.5) is 10.1 Å². The normalized spacial score (nSPS) is 20.0. The fourth-order valence-electron chi connectivity index (χ4n) is 6.21. The van der Waals surface area contributed by atoms with Gasteiger partial charge >= 0.3 is 0 Å². The summed E-state index contributed by atoms with van der Waals surface area (Å²) >= 11 is 0. The number of halogens is 1. The number of hydrogen-bond donors (Lipinski definition) is 2. The van der Waals surface area contributed by atoms with Gasteiger partial charge in [-0.25, -0.2) is 4.39 Å². The van der Waals surface area contributed by atoms with E-state index in [1.54, 1.807) is 13.0 Å². The number of nitriles is 1. The summed E-state index contributed by atoms with van der Waals surface area (Å²) in [6.07, 6.45) is 0.412. The molecule has 0 saturated carbocycles. The minimum atomic E-state index is -1.14. The Hall–Kier alpha value is -5.05. The second-order valence-corrected chi connectivity index (χ2v) is 12.2. The number of nitrogens with one attached hydrogen (secondary N) is 2. The molecule has 12 heteroatoms. The lowest BCUT2D eigenvalue weighted by molar-refractivity contribution is -0.146. The lowest BCUT2D eigenvalue weighted by Crippen LogP contribution is -2.56. The molecule has 5 rings (SSSR count). The van der Waals surface area contributed by atoms with Gasteiger partial charge in [0.1, 0.15) is 29.7 Å². The zero-order chi connectivity index (χ0) is 32.5. The fraction of sp³-hybridized carbons (Fsp3) is 0.394. The molecule has 2 N–H and O–H groups in total. The second kappa shape index (κ2) is 12.5. The number of carbonyl (C=O) groups is 4.